The summed E-state index contributed by atoms with van der Waals surface area (Å²) in [6, 6.07) is 0. The zero-order chi connectivity index (χ0) is 4.50. The van der Waals surface area contributed by atoms with Crippen LogP contribution in [0.15, 0.2) is 0 Å². The quantitative estimate of drug-likeness (QED) is 0.507. The molecule has 0 unspecified atom stereocenters. The number of hydrogen-bond donors (Lipinski definition) is 0. The average Bonchev–Trinajstić information content (AvgIpc) is 0.722. The Bertz CT molecular complexity index is 22.4. The van der Waals surface area contributed by atoms with Gasteiger partial charge in [0.15, 0.2) is 0 Å². The molecule has 0 aliphatic carbocycles. The van der Waals surface area contributed by atoms with Gasteiger partial charge in [0.2, 0.25) is 0 Å². The Morgan fingerprint density at radius 3 is 1.20 bits per heavy atom. The van der Waals surface area contributed by atoms with Crippen molar-refractivity contribution in [2.45, 2.75) is 19.6 Å². The Morgan fingerprint density at radius 1 is 1.20 bits per heavy atom. The van der Waals surface area contributed by atoms with Crippen LogP contribution < -0.4 is 0 Å². The normalized spacial score (nSPS) is 12.0. The molecule has 0 heterocycles. The van der Waals surface area contributed by atoms with Crippen molar-refractivity contribution in [3.63, 3.8) is 0 Å². The van der Waals surface area contributed by atoms with E-state index in [1.54, 1.807) is 0 Å². The minimum atomic E-state index is -0.561. The minimum absolute atomic E-state index is 0.561. The molecule has 0 aliphatic heterocycles. The van der Waals surface area contributed by atoms with Crippen LogP contribution in [0.3, 0.4) is 0 Å². The molecule has 0 nitrogen and oxygen atoms in total. The first-order valence-corrected chi connectivity index (χ1v) is 9.00. The van der Waals surface area contributed by atoms with Crippen molar-refractivity contribution in [2.24, 2.45) is 0 Å². The van der Waals surface area contributed by atoms with Gasteiger partial charge in [-0.15, -0.1) is 0 Å². The van der Waals surface area contributed by atoms with E-state index in [9.17, 15) is 0 Å². The molecule has 0 fully saturated rings. The van der Waals surface area contributed by atoms with E-state index in [-0.39, 0.29) is 0 Å². The number of hydrogen-bond acceptors (Lipinski definition) is 0. The van der Waals surface area contributed by atoms with Crippen LogP contribution in [0.2, 0.25) is 19.6 Å². The fourth-order valence-corrected chi connectivity index (χ4v) is 0. The molecule has 0 radical (unpaired) electrons. The van der Waals surface area contributed by atoms with Crippen LogP contribution in [-0.4, -0.2) is 27.1 Å². The van der Waals surface area contributed by atoms with Crippen molar-refractivity contribution in [1.29, 1.82) is 0 Å². The summed E-state index contributed by atoms with van der Waals surface area (Å²) in [4.78, 5) is 0. The van der Waals surface area contributed by atoms with Crippen molar-refractivity contribution in [3.05, 3.63) is 0 Å². The van der Waals surface area contributed by atoms with Crippen molar-refractivity contribution in [3.8, 4) is 0 Å². The fraction of sp³-hybridized carbons (Fsp3) is 1.00. The van der Waals surface area contributed by atoms with Gasteiger partial charge in [-0.3, -0.25) is 0 Å². The van der Waals surface area contributed by atoms with Crippen LogP contribution in [0.25, 0.3) is 0 Å². The van der Waals surface area contributed by atoms with Crippen molar-refractivity contribution in [2.75, 3.05) is 0 Å². The Kier molecular flexibility index (Phi) is 1.97. The second kappa shape index (κ2) is 1.64. The van der Waals surface area contributed by atoms with Gasteiger partial charge in [0.25, 0.3) is 0 Å². The maximum atomic E-state index is 2.35. The third-order valence-electron chi connectivity index (χ3n) is 0. The Morgan fingerprint density at radius 2 is 1.20 bits per heavy atom. The van der Waals surface area contributed by atoms with E-state index >= 15 is 0 Å². The molecule has 0 saturated carbocycles. The predicted octanol–water partition coefficient (Wildman–Crippen LogP) is 0.722. The van der Waals surface area contributed by atoms with E-state index in [4.69, 9.17) is 0 Å². The molecule has 0 aromatic heterocycles. The molecule has 5 heavy (non-hydrogen) atoms. The molecule has 0 amide bonds. The van der Waals surface area contributed by atoms with Crippen molar-refractivity contribution in [1.82, 2.24) is 0 Å². The van der Waals surface area contributed by atoms with E-state index in [2.05, 4.69) is 19.6 Å². The van der Waals surface area contributed by atoms with Gasteiger partial charge in [0.1, 0.15) is 0 Å². The first-order chi connectivity index (χ1) is 2.00. The van der Waals surface area contributed by atoms with E-state index in [1.807, 2.05) is 21.5 Å². The van der Waals surface area contributed by atoms with Crippen LogP contribution >= 0.6 is 0 Å². The van der Waals surface area contributed by atoms with Crippen LogP contribution in [0.5, 0.6) is 0 Å². The second-order valence-corrected chi connectivity index (χ2v) is 18.0. The molecule has 0 saturated heterocycles. The molecule has 0 spiro atoms. The molecule has 0 bridgehead atoms. The summed E-state index contributed by atoms with van der Waals surface area (Å²) in [6.07, 6.45) is 0. The molecule has 0 aromatic carbocycles. The van der Waals surface area contributed by atoms with Gasteiger partial charge in [0, 0.05) is 0 Å². The monoisotopic (exact) mass is 204 g/mol. The van der Waals surface area contributed by atoms with Crippen LogP contribution in [-0.2, 0) is 0 Å². The zero-order valence-electron chi connectivity index (χ0n) is 3.95. The van der Waals surface area contributed by atoms with E-state index in [0.29, 0.717) is 0 Å². The third-order valence-corrected chi connectivity index (χ3v) is 0. The molecule has 0 aliphatic rings. The Hall–Kier alpha value is 1.01. The standard InChI is InChI=1S/C3H10SiTe/c1-4(2,3)5/h5H,1-3H3. The molecule has 0 rings (SSSR count). The van der Waals surface area contributed by atoms with Gasteiger partial charge in [-0.05, 0) is 0 Å². The SMILES string of the molecule is C[Si](C)(C)[TeH]. The van der Waals surface area contributed by atoms with Gasteiger partial charge < -0.3 is 0 Å². The summed E-state index contributed by atoms with van der Waals surface area (Å²) in [5, 5.41) is 0. The Labute approximate surface area is 47.0 Å². The van der Waals surface area contributed by atoms with Crippen LogP contribution in [0, 0.1) is 0 Å². The maximum absolute atomic E-state index is 2.35. The van der Waals surface area contributed by atoms with Crippen LogP contribution in [0.4, 0.5) is 0 Å². The molecular weight excluding hydrogens is 192 g/mol. The summed E-state index contributed by atoms with van der Waals surface area (Å²) >= 11 is 2.01. The second-order valence-electron chi connectivity index (χ2n) is 2.17. The fourth-order valence-electron chi connectivity index (χ4n) is 0. The molecule has 0 N–H and O–H groups in total. The van der Waals surface area contributed by atoms with Gasteiger partial charge in [-0.1, -0.05) is 0 Å². The van der Waals surface area contributed by atoms with E-state index in [1.165, 1.54) is 0 Å². The molecule has 0 aromatic rings. The van der Waals surface area contributed by atoms with E-state index < -0.39 is 5.62 Å². The summed E-state index contributed by atoms with van der Waals surface area (Å²) in [6.45, 7) is 7.05. The van der Waals surface area contributed by atoms with Gasteiger partial charge >= 0.3 is 46.8 Å². The molecular formula is C3H10SiTe. The first kappa shape index (κ1) is 6.01. The van der Waals surface area contributed by atoms with Crippen LogP contribution in [0.1, 0.15) is 0 Å². The number of rotatable bonds is 0. The predicted molar refractivity (Wildman–Crippen MR) is 30.5 cm³/mol. The summed E-state index contributed by atoms with van der Waals surface area (Å²) in [7, 11) is 0. The summed E-state index contributed by atoms with van der Waals surface area (Å²) < 4.78 is 0. The molecule has 32 valence electrons. The average molecular weight is 202 g/mol. The molecule has 0 atom stereocenters. The van der Waals surface area contributed by atoms with Gasteiger partial charge in [-0.25, -0.2) is 0 Å². The first-order valence-electron chi connectivity index (χ1n) is 1.72. The van der Waals surface area contributed by atoms with Gasteiger partial charge in [0.05, 0.1) is 0 Å². The van der Waals surface area contributed by atoms with E-state index in [0.717, 1.165) is 0 Å². The summed E-state index contributed by atoms with van der Waals surface area (Å²) in [5.74, 6) is 0. The summed E-state index contributed by atoms with van der Waals surface area (Å²) in [5.41, 5.74) is -0.561. The van der Waals surface area contributed by atoms with Gasteiger partial charge in [-0.2, -0.15) is 0 Å². The Balaban J connectivity index is 3.02. The topological polar surface area (TPSA) is 0 Å². The van der Waals surface area contributed by atoms with Crippen molar-refractivity contribution < 1.29 is 0 Å². The third kappa shape index (κ3) is 44.7. The van der Waals surface area contributed by atoms with Crippen molar-refractivity contribution >= 4 is 27.1 Å². The zero-order valence-corrected chi connectivity index (χ0v) is 7.50. The molecule has 2 heteroatoms.